The Morgan fingerprint density at radius 3 is 2.33 bits per heavy atom. The molecular weight excluding hydrogens is 268 g/mol. The number of allylic oxidation sites excluding steroid dienone is 2. The van der Waals surface area contributed by atoms with Crippen molar-refractivity contribution in [1.82, 2.24) is 9.80 Å². The van der Waals surface area contributed by atoms with E-state index in [-0.39, 0.29) is 17.3 Å². The number of Topliss-reactive ketones (excluding diaryl/α,β-unsaturated/α-hetero) is 1. The molecule has 5 nitrogen and oxygen atoms in total. The third-order valence-corrected chi connectivity index (χ3v) is 3.88. The summed E-state index contributed by atoms with van der Waals surface area (Å²) in [6, 6.07) is 6.53. The molecular formula is C16H14N2O3. The van der Waals surface area contributed by atoms with Crippen LogP contribution in [0.25, 0.3) is 5.57 Å². The smallest absolute Gasteiger partial charge is 0.212 e. The van der Waals surface area contributed by atoms with Crippen molar-refractivity contribution in [2.45, 2.75) is 0 Å². The van der Waals surface area contributed by atoms with Gasteiger partial charge in [0.05, 0.1) is 17.0 Å². The Morgan fingerprint density at radius 2 is 1.71 bits per heavy atom. The summed E-state index contributed by atoms with van der Waals surface area (Å²) in [5.74, 6) is -0.153. The molecule has 0 atom stereocenters. The van der Waals surface area contributed by atoms with Crippen molar-refractivity contribution in [3.8, 4) is 5.75 Å². The fraction of sp³-hybridized carbons (Fsp3) is 0.250. The molecule has 2 aliphatic heterocycles. The zero-order valence-corrected chi connectivity index (χ0v) is 11.4. The molecule has 0 bridgehead atoms. The fourth-order valence-electron chi connectivity index (χ4n) is 2.66. The largest absolute Gasteiger partial charge is 0.508 e. The van der Waals surface area contributed by atoms with Gasteiger partial charge >= 0.3 is 0 Å². The first-order valence-corrected chi connectivity index (χ1v) is 6.99. The number of aromatic hydroxyl groups is 1. The average molecular weight is 282 g/mol. The summed E-state index contributed by atoms with van der Waals surface area (Å²) < 4.78 is 0. The number of ketones is 2. The van der Waals surface area contributed by atoms with E-state index in [1.54, 1.807) is 18.2 Å². The van der Waals surface area contributed by atoms with Crippen LogP contribution < -0.4 is 0 Å². The molecule has 0 spiro atoms. The van der Waals surface area contributed by atoms with Crippen molar-refractivity contribution in [2.24, 2.45) is 0 Å². The van der Waals surface area contributed by atoms with Crippen LogP contribution in [0.15, 0.2) is 41.7 Å². The molecule has 0 aromatic heterocycles. The predicted octanol–water partition coefficient (Wildman–Crippen LogP) is 0.770. The van der Waals surface area contributed by atoms with Gasteiger partial charge in [0.25, 0.3) is 0 Å². The SMILES string of the molecule is O=C1C=C(N2CC2)C(=O)C(c2cccc(O)c2)=C1N1CC1. The summed E-state index contributed by atoms with van der Waals surface area (Å²) in [6.45, 7) is 3.22. The maximum atomic E-state index is 12.8. The minimum atomic E-state index is -0.125. The zero-order chi connectivity index (χ0) is 14.6. The minimum Gasteiger partial charge on any atom is -0.508 e. The maximum absolute atomic E-state index is 12.8. The lowest BCUT2D eigenvalue weighted by atomic mass is 9.91. The van der Waals surface area contributed by atoms with Gasteiger partial charge in [0.1, 0.15) is 5.75 Å². The van der Waals surface area contributed by atoms with Gasteiger partial charge < -0.3 is 14.9 Å². The van der Waals surface area contributed by atoms with Crippen LogP contribution in [0, 0.1) is 0 Å². The van der Waals surface area contributed by atoms with Crippen molar-refractivity contribution in [3.05, 3.63) is 47.3 Å². The van der Waals surface area contributed by atoms with Crippen molar-refractivity contribution in [2.75, 3.05) is 26.2 Å². The summed E-state index contributed by atoms with van der Waals surface area (Å²) >= 11 is 0. The zero-order valence-electron chi connectivity index (χ0n) is 11.4. The summed E-state index contributed by atoms with van der Waals surface area (Å²) in [5.41, 5.74) is 1.96. The number of nitrogens with zero attached hydrogens (tertiary/aromatic N) is 2. The topological polar surface area (TPSA) is 60.4 Å². The van der Waals surface area contributed by atoms with E-state index in [0.717, 1.165) is 26.2 Å². The number of carbonyl (C=O) groups excluding carboxylic acids is 2. The summed E-state index contributed by atoms with van der Waals surface area (Å²) in [6.07, 6.45) is 1.45. The highest BCUT2D eigenvalue weighted by atomic mass is 16.3. The normalized spacial score (nSPS) is 20.9. The fourth-order valence-corrected chi connectivity index (χ4v) is 2.66. The molecule has 1 N–H and O–H groups in total. The average Bonchev–Trinajstić information content (AvgIpc) is 3.33. The Labute approximate surface area is 121 Å². The number of hydrogen-bond acceptors (Lipinski definition) is 5. The van der Waals surface area contributed by atoms with Gasteiger partial charge in [0.2, 0.25) is 11.6 Å². The third kappa shape index (κ3) is 2.01. The van der Waals surface area contributed by atoms with Crippen molar-refractivity contribution in [3.63, 3.8) is 0 Å². The first kappa shape index (κ1) is 12.2. The van der Waals surface area contributed by atoms with Crippen LogP contribution >= 0.6 is 0 Å². The molecule has 3 aliphatic rings. The number of hydrogen-bond donors (Lipinski definition) is 1. The summed E-state index contributed by atoms with van der Waals surface area (Å²) in [5, 5.41) is 9.67. The number of benzene rings is 1. The lowest BCUT2D eigenvalue weighted by molar-refractivity contribution is -0.115. The van der Waals surface area contributed by atoms with Crippen molar-refractivity contribution < 1.29 is 14.7 Å². The first-order chi connectivity index (χ1) is 10.1. The second kappa shape index (κ2) is 4.22. The molecule has 2 fully saturated rings. The monoisotopic (exact) mass is 282 g/mol. The highest BCUT2D eigenvalue weighted by molar-refractivity contribution is 6.38. The Hall–Kier alpha value is -2.56. The minimum absolute atomic E-state index is 0.0910. The lowest BCUT2D eigenvalue weighted by Crippen LogP contribution is -2.25. The van der Waals surface area contributed by atoms with Gasteiger partial charge in [-0.3, -0.25) is 9.59 Å². The molecule has 5 heteroatoms. The van der Waals surface area contributed by atoms with E-state index in [1.807, 2.05) is 9.80 Å². The molecule has 0 radical (unpaired) electrons. The number of phenolic OH excluding ortho intramolecular Hbond substituents is 1. The quantitative estimate of drug-likeness (QED) is 0.655. The van der Waals surface area contributed by atoms with Crippen LogP contribution in [0.1, 0.15) is 5.56 Å². The van der Waals surface area contributed by atoms with E-state index in [1.165, 1.54) is 12.1 Å². The van der Waals surface area contributed by atoms with Gasteiger partial charge in [0, 0.05) is 32.3 Å². The Bertz CT molecular complexity index is 725. The van der Waals surface area contributed by atoms with E-state index in [4.69, 9.17) is 0 Å². The van der Waals surface area contributed by atoms with E-state index in [9.17, 15) is 14.7 Å². The molecule has 2 saturated heterocycles. The standard InChI is InChI=1S/C16H14N2O3/c19-11-3-1-2-10(8-11)14-15(18-6-7-18)13(20)9-12(16(14)21)17-4-5-17/h1-3,8-9,19H,4-7H2. The number of rotatable bonds is 3. The molecule has 2 heterocycles. The number of carbonyl (C=O) groups is 2. The number of phenols is 1. The summed E-state index contributed by atoms with van der Waals surface area (Å²) in [4.78, 5) is 29.0. The van der Waals surface area contributed by atoms with Gasteiger partial charge in [0.15, 0.2) is 0 Å². The maximum Gasteiger partial charge on any atom is 0.212 e. The predicted molar refractivity (Wildman–Crippen MR) is 76.3 cm³/mol. The Kier molecular flexibility index (Phi) is 2.45. The molecule has 0 amide bonds. The van der Waals surface area contributed by atoms with Crippen LogP contribution in [0.4, 0.5) is 0 Å². The van der Waals surface area contributed by atoms with E-state index in [2.05, 4.69) is 0 Å². The second-order valence-corrected chi connectivity index (χ2v) is 5.47. The van der Waals surface area contributed by atoms with Crippen LogP contribution in [-0.4, -0.2) is 52.7 Å². The molecule has 106 valence electrons. The highest BCUT2D eigenvalue weighted by Gasteiger charge is 2.39. The lowest BCUT2D eigenvalue weighted by Gasteiger charge is -2.21. The van der Waals surface area contributed by atoms with Gasteiger partial charge in [-0.15, -0.1) is 0 Å². The molecule has 21 heavy (non-hydrogen) atoms. The third-order valence-electron chi connectivity index (χ3n) is 3.88. The second-order valence-electron chi connectivity index (χ2n) is 5.47. The Balaban J connectivity index is 1.87. The summed E-state index contributed by atoms with van der Waals surface area (Å²) in [7, 11) is 0. The van der Waals surface area contributed by atoms with Crippen LogP contribution in [-0.2, 0) is 9.59 Å². The van der Waals surface area contributed by atoms with E-state index in [0.29, 0.717) is 22.5 Å². The van der Waals surface area contributed by atoms with Gasteiger partial charge in [-0.25, -0.2) is 0 Å². The van der Waals surface area contributed by atoms with E-state index < -0.39 is 0 Å². The molecule has 1 aromatic carbocycles. The molecule has 4 rings (SSSR count). The van der Waals surface area contributed by atoms with Crippen LogP contribution in [0.5, 0.6) is 5.75 Å². The van der Waals surface area contributed by atoms with Gasteiger partial charge in [-0.05, 0) is 17.7 Å². The van der Waals surface area contributed by atoms with Gasteiger partial charge in [-0.1, -0.05) is 12.1 Å². The molecule has 1 aromatic rings. The highest BCUT2D eigenvalue weighted by Crippen LogP contribution is 2.35. The van der Waals surface area contributed by atoms with Crippen LogP contribution in [0.3, 0.4) is 0 Å². The Morgan fingerprint density at radius 1 is 1.00 bits per heavy atom. The van der Waals surface area contributed by atoms with Crippen LogP contribution in [0.2, 0.25) is 0 Å². The molecule has 1 aliphatic carbocycles. The first-order valence-electron chi connectivity index (χ1n) is 6.99. The molecule has 0 unspecified atom stereocenters. The van der Waals surface area contributed by atoms with Crippen molar-refractivity contribution >= 4 is 17.1 Å². The van der Waals surface area contributed by atoms with E-state index >= 15 is 0 Å². The van der Waals surface area contributed by atoms with Gasteiger partial charge in [-0.2, -0.15) is 0 Å². The van der Waals surface area contributed by atoms with Crippen molar-refractivity contribution in [1.29, 1.82) is 0 Å². The molecule has 0 saturated carbocycles.